The van der Waals surface area contributed by atoms with Crippen LogP contribution in [0.15, 0.2) is 0 Å². The molecule has 0 aliphatic carbocycles. The Hall–Kier alpha value is -0.910. The average molecular weight is 342 g/mol. The summed E-state index contributed by atoms with van der Waals surface area (Å²) in [5.74, 6) is 1.70. The van der Waals surface area contributed by atoms with Crippen molar-refractivity contribution in [2.75, 3.05) is 12.3 Å². The molecule has 5 nitrogen and oxygen atoms in total. The molecule has 23 heavy (non-hydrogen) atoms. The third-order valence-electron chi connectivity index (χ3n) is 5.38. The topological polar surface area (TPSA) is 70.2 Å². The van der Waals surface area contributed by atoms with Crippen LogP contribution in [-0.4, -0.2) is 41.6 Å². The standard InChI is InChI=1S/C17H31N3O2S/c1-11(2)17(3,4)10-18-14(21)8-6-5-7-13-15-12(9-23-13)19-16(22)20-15/h11-13,15H,5-10H2,1-4H3,(H,18,21)(H2,19,20,22). The Kier molecular flexibility index (Phi) is 6.23. The number of hydrogen-bond donors (Lipinski definition) is 3. The molecule has 6 heteroatoms. The molecule has 3 atom stereocenters. The molecule has 0 radical (unpaired) electrons. The first-order chi connectivity index (χ1) is 10.8. The Labute approximate surface area is 144 Å². The summed E-state index contributed by atoms with van der Waals surface area (Å²) in [7, 11) is 0. The number of urea groups is 1. The number of fused-ring (bicyclic) bond motifs is 1. The van der Waals surface area contributed by atoms with E-state index < -0.39 is 0 Å². The van der Waals surface area contributed by atoms with Gasteiger partial charge in [0.25, 0.3) is 0 Å². The van der Waals surface area contributed by atoms with Crippen molar-refractivity contribution in [3.8, 4) is 0 Å². The van der Waals surface area contributed by atoms with E-state index >= 15 is 0 Å². The van der Waals surface area contributed by atoms with Gasteiger partial charge in [-0.15, -0.1) is 0 Å². The number of rotatable bonds is 8. The van der Waals surface area contributed by atoms with E-state index in [1.54, 1.807) is 0 Å². The van der Waals surface area contributed by atoms with E-state index in [9.17, 15) is 9.59 Å². The molecule has 0 aromatic rings. The molecule has 2 saturated heterocycles. The number of nitrogens with one attached hydrogen (secondary N) is 3. The monoisotopic (exact) mass is 341 g/mol. The van der Waals surface area contributed by atoms with E-state index in [2.05, 4.69) is 43.6 Å². The Bertz CT molecular complexity index is 440. The number of amides is 3. The maximum atomic E-state index is 12.0. The van der Waals surface area contributed by atoms with Crippen molar-refractivity contribution in [1.82, 2.24) is 16.0 Å². The lowest BCUT2D eigenvalue weighted by molar-refractivity contribution is -0.121. The summed E-state index contributed by atoms with van der Waals surface area (Å²) in [6.07, 6.45) is 3.63. The zero-order valence-corrected chi connectivity index (χ0v) is 15.6. The third-order valence-corrected chi connectivity index (χ3v) is 6.89. The lowest BCUT2D eigenvalue weighted by Gasteiger charge is -2.29. The molecule has 2 heterocycles. The molecule has 132 valence electrons. The smallest absolute Gasteiger partial charge is 0.315 e. The van der Waals surface area contributed by atoms with Crippen LogP contribution in [0.5, 0.6) is 0 Å². The number of unbranched alkanes of at least 4 members (excludes halogenated alkanes) is 1. The molecule has 0 spiro atoms. The lowest BCUT2D eigenvalue weighted by atomic mass is 9.81. The van der Waals surface area contributed by atoms with Gasteiger partial charge in [-0.2, -0.15) is 11.8 Å². The van der Waals surface area contributed by atoms with Gasteiger partial charge in [0.2, 0.25) is 5.91 Å². The predicted molar refractivity (Wildman–Crippen MR) is 95.6 cm³/mol. The summed E-state index contributed by atoms with van der Waals surface area (Å²) in [5.41, 5.74) is 0.138. The molecule has 3 amide bonds. The minimum Gasteiger partial charge on any atom is -0.356 e. The molecule has 3 N–H and O–H groups in total. The van der Waals surface area contributed by atoms with Gasteiger partial charge in [-0.05, 0) is 24.2 Å². The van der Waals surface area contributed by atoms with Crippen LogP contribution in [0.4, 0.5) is 4.79 Å². The van der Waals surface area contributed by atoms with E-state index in [0.717, 1.165) is 31.6 Å². The maximum absolute atomic E-state index is 12.0. The molecule has 0 saturated carbocycles. The molecule has 0 aromatic carbocycles. The Balaban J connectivity index is 1.59. The summed E-state index contributed by atoms with van der Waals surface area (Å²) in [6.45, 7) is 9.50. The van der Waals surface area contributed by atoms with E-state index in [-0.39, 0.29) is 23.4 Å². The largest absolute Gasteiger partial charge is 0.356 e. The van der Waals surface area contributed by atoms with Gasteiger partial charge < -0.3 is 16.0 Å². The van der Waals surface area contributed by atoms with Crippen LogP contribution >= 0.6 is 11.8 Å². The van der Waals surface area contributed by atoms with Crippen molar-refractivity contribution in [1.29, 1.82) is 0 Å². The number of carbonyl (C=O) groups excluding carboxylic acids is 2. The number of carbonyl (C=O) groups is 2. The summed E-state index contributed by atoms with van der Waals surface area (Å²) >= 11 is 1.93. The molecule has 3 unspecified atom stereocenters. The van der Waals surface area contributed by atoms with Crippen LogP contribution in [0.25, 0.3) is 0 Å². The first-order valence-electron chi connectivity index (χ1n) is 8.75. The zero-order chi connectivity index (χ0) is 17.0. The average Bonchev–Trinajstić information content (AvgIpc) is 3.01. The third kappa shape index (κ3) is 5.03. The zero-order valence-electron chi connectivity index (χ0n) is 14.8. The van der Waals surface area contributed by atoms with Gasteiger partial charge in [0.1, 0.15) is 0 Å². The van der Waals surface area contributed by atoms with Gasteiger partial charge in [-0.3, -0.25) is 4.79 Å². The van der Waals surface area contributed by atoms with E-state index in [4.69, 9.17) is 0 Å². The van der Waals surface area contributed by atoms with Crippen LogP contribution < -0.4 is 16.0 Å². The Morgan fingerprint density at radius 3 is 2.78 bits per heavy atom. The quantitative estimate of drug-likeness (QED) is 0.469. The second-order valence-corrected chi connectivity index (χ2v) is 9.06. The van der Waals surface area contributed by atoms with Crippen LogP contribution in [0.1, 0.15) is 53.4 Å². The van der Waals surface area contributed by atoms with Gasteiger partial charge in [-0.1, -0.05) is 34.1 Å². The van der Waals surface area contributed by atoms with Crippen LogP contribution in [-0.2, 0) is 4.79 Å². The van der Waals surface area contributed by atoms with Crippen LogP contribution in [0.2, 0.25) is 0 Å². The predicted octanol–water partition coefficient (Wildman–Crippen LogP) is 2.51. The number of hydrogen-bond acceptors (Lipinski definition) is 3. The van der Waals surface area contributed by atoms with Crippen molar-refractivity contribution in [2.45, 2.75) is 70.7 Å². The van der Waals surface area contributed by atoms with Gasteiger partial charge in [0, 0.05) is 24.0 Å². The second kappa shape index (κ2) is 7.77. The summed E-state index contributed by atoms with van der Waals surface area (Å²) in [4.78, 5) is 23.3. The highest BCUT2D eigenvalue weighted by Gasteiger charge is 2.42. The highest BCUT2D eigenvalue weighted by molar-refractivity contribution is 8.00. The minimum atomic E-state index is -0.0301. The SMILES string of the molecule is CC(C)C(C)(C)CNC(=O)CCCCC1SCC2NC(=O)NC21. The molecule has 0 aromatic heterocycles. The molecular weight excluding hydrogens is 310 g/mol. The number of thioether (sulfide) groups is 1. The molecule has 2 rings (SSSR count). The lowest BCUT2D eigenvalue weighted by Crippen LogP contribution is -2.37. The fourth-order valence-corrected chi connectivity index (χ4v) is 4.44. The van der Waals surface area contributed by atoms with E-state index in [1.165, 1.54) is 0 Å². The molecule has 2 fully saturated rings. The fourth-order valence-electron chi connectivity index (χ4n) is 2.89. The van der Waals surface area contributed by atoms with Crippen molar-refractivity contribution in [2.24, 2.45) is 11.3 Å². The minimum absolute atomic E-state index is 0.0301. The molecular formula is C17H31N3O2S. The Morgan fingerprint density at radius 1 is 1.35 bits per heavy atom. The van der Waals surface area contributed by atoms with Gasteiger partial charge >= 0.3 is 6.03 Å². The normalized spacial score (nSPS) is 26.8. The van der Waals surface area contributed by atoms with Crippen LogP contribution in [0.3, 0.4) is 0 Å². The van der Waals surface area contributed by atoms with Gasteiger partial charge in [-0.25, -0.2) is 4.79 Å². The van der Waals surface area contributed by atoms with Crippen molar-refractivity contribution < 1.29 is 9.59 Å². The first kappa shape index (κ1) is 18.4. The van der Waals surface area contributed by atoms with Gasteiger partial charge in [0.05, 0.1) is 12.1 Å². The van der Waals surface area contributed by atoms with Crippen LogP contribution in [0, 0.1) is 11.3 Å². The molecule has 2 aliphatic rings. The van der Waals surface area contributed by atoms with Gasteiger partial charge in [0.15, 0.2) is 0 Å². The van der Waals surface area contributed by atoms with E-state index in [1.807, 2.05) is 11.8 Å². The molecule has 2 aliphatic heterocycles. The molecule has 0 bridgehead atoms. The Morgan fingerprint density at radius 2 is 2.09 bits per heavy atom. The second-order valence-electron chi connectivity index (χ2n) is 7.79. The van der Waals surface area contributed by atoms with Crippen molar-refractivity contribution >= 4 is 23.7 Å². The summed E-state index contributed by atoms with van der Waals surface area (Å²) < 4.78 is 0. The summed E-state index contributed by atoms with van der Waals surface area (Å²) in [5, 5.41) is 9.52. The highest BCUT2D eigenvalue weighted by Crippen LogP contribution is 2.33. The first-order valence-corrected chi connectivity index (χ1v) is 9.80. The van der Waals surface area contributed by atoms with Crippen molar-refractivity contribution in [3.05, 3.63) is 0 Å². The van der Waals surface area contributed by atoms with E-state index in [0.29, 0.717) is 23.6 Å². The van der Waals surface area contributed by atoms with Crippen molar-refractivity contribution in [3.63, 3.8) is 0 Å². The maximum Gasteiger partial charge on any atom is 0.315 e. The fraction of sp³-hybridized carbons (Fsp3) is 0.882. The summed E-state index contributed by atoms with van der Waals surface area (Å²) in [6, 6.07) is 0.532. The highest BCUT2D eigenvalue weighted by atomic mass is 32.2.